The molecule has 1 aliphatic heterocycles. The number of sulfone groups is 1. The summed E-state index contributed by atoms with van der Waals surface area (Å²) in [7, 11) is -4.16. The van der Waals surface area contributed by atoms with Crippen LogP contribution in [0.15, 0.2) is 33.7 Å². The first kappa shape index (κ1) is 13.8. The zero-order valence-corrected chi connectivity index (χ0v) is 11.4. The van der Waals surface area contributed by atoms with Gasteiger partial charge in [0.25, 0.3) is 0 Å². The molecule has 7 heteroatoms. The highest BCUT2D eigenvalue weighted by Gasteiger charge is 2.28. The molecule has 0 spiro atoms. The molecule has 1 heterocycles. The fourth-order valence-electron chi connectivity index (χ4n) is 1.88. The minimum atomic E-state index is -4.16. The maximum Gasteiger partial charge on any atom is 0.221 e. The quantitative estimate of drug-likeness (QED) is 0.851. The van der Waals surface area contributed by atoms with E-state index in [2.05, 4.69) is 5.32 Å². The zero-order chi connectivity index (χ0) is 14.0. The minimum Gasteiger partial charge on any atom is -0.387 e. The molecule has 0 radical (unpaired) electrons. The summed E-state index contributed by atoms with van der Waals surface area (Å²) in [6.07, 6.45) is 1.22. The summed E-state index contributed by atoms with van der Waals surface area (Å²) in [6.45, 7) is 0.610. The minimum absolute atomic E-state index is 0.0987. The van der Waals surface area contributed by atoms with Crippen LogP contribution in [-0.4, -0.2) is 15.0 Å². The van der Waals surface area contributed by atoms with Crippen molar-refractivity contribution < 1.29 is 12.8 Å². The number of hydrogen-bond acceptors (Lipinski definition) is 4. The molecule has 1 aromatic carbocycles. The Hall–Kier alpha value is -1.58. The summed E-state index contributed by atoms with van der Waals surface area (Å²) in [6, 6.07) is 4.91. The lowest BCUT2D eigenvalue weighted by atomic mass is 10.3. The first-order valence-corrected chi connectivity index (χ1v) is 7.40. The maximum absolute atomic E-state index is 13.7. The van der Waals surface area contributed by atoms with E-state index in [0.29, 0.717) is 18.7 Å². The van der Waals surface area contributed by atoms with Gasteiger partial charge in [0.2, 0.25) is 9.84 Å². The molecular weight excluding hydrogens is 291 g/mol. The molecule has 1 aliphatic rings. The summed E-state index contributed by atoms with van der Waals surface area (Å²) >= 11 is 5.58. The summed E-state index contributed by atoms with van der Waals surface area (Å²) in [4.78, 5) is -0.958. The lowest BCUT2D eigenvalue weighted by Crippen LogP contribution is -2.14. The molecule has 1 saturated heterocycles. The summed E-state index contributed by atoms with van der Waals surface area (Å²) in [5, 5.41) is 12.0. The van der Waals surface area contributed by atoms with E-state index in [-0.39, 0.29) is 5.02 Å². The van der Waals surface area contributed by atoms with Crippen molar-refractivity contribution in [1.29, 1.82) is 5.26 Å². The standard InChI is InChI=1S/C12H10ClFN2O2S/c13-8-3-4-11(9(14)6-8)19(17,18)12(7-15)10-2-1-5-16-10/h3-4,6,16H,1-2,5H2. The van der Waals surface area contributed by atoms with Crippen LogP contribution in [0.3, 0.4) is 0 Å². The Morgan fingerprint density at radius 3 is 2.74 bits per heavy atom. The van der Waals surface area contributed by atoms with E-state index in [9.17, 15) is 12.8 Å². The van der Waals surface area contributed by atoms with Crippen LogP contribution >= 0.6 is 11.6 Å². The molecule has 100 valence electrons. The molecule has 1 N–H and O–H groups in total. The normalized spacial score (nSPS) is 17.7. The van der Waals surface area contributed by atoms with Gasteiger partial charge in [-0.25, -0.2) is 12.8 Å². The molecule has 0 amide bonds. The number of benzene rings is 1. The van der Waals surface area contributed by atoms with E-state index in [0.717, 1.165) is 18.6 Å². The van der Waals surface area contributed by atoms with Crippen LogP contribution in [0.5, 0.6) is 0 Å². The van der Waals surface area contributed by atoms with E-state index in [1.807, 2.05) is 0 Å². The number of nitrogens with one attached hydrogen (secondary N) is 1. The Morgan fingerprint density at radius 2 is 2.21 bits per heavy atom. The fraction of sp³-hybridized carbons (Fsp3) is 0.250. The number of rotatable bonds is 2. The van der Waals surface area contributed by atoms with Crippen molar-refractivity contribution in [2.75, 3.05) is 6.54 Å². The van der Waals surface area contributed by atoms with E-state index in [1.165, 1.54) is 6.07 Å². The second kappa shape index (κ2) is 5.19. The number of allylic oxidation sites excluding steroid dienone is 2. The van der Waals surface area contributed by atoms with Gasteiger partial charge < -0.3 is 5.32 Å². The molecule has 19 heavy (non-hydrogen) atoms. The van der Waals surface area contributed by atoms with Gasteiger partial charge in [0.1, 0.15) is 16.8 Å². The number of nitriles is 1. The number of hydrogen-bond donors (Lipinski definition) is 1. The van der Waals surface area contributed by atoms with Gasteiger partial charge in [-0.05, 0) is 31.0 Å². The van der Waals surface area contributed by atoms with E-state index in [1.54, 1.807) is 6.07 Å². The van der Waals surface area contributed by atoms with Crippen molar-refractivity contribution in [3.8, 4) is 6.07 Å². The second-order valence-corrected chi connectivity index (χ2v) is 6.32. The Kier molecular flexibility index (Phi) is 3.78. The third-order valence-electron chi connectivity index (χ3n) is 2.77. The highest BCUT2D eigenvalue weighted by atomic mass is 35.5. The summed E-state index contributed by atoms with van der Waals surface area (Å²) in [5.74, 6) is -0.959. The largest absolute Gasteiger partial charge is 0.387 e. The molecule has 0 saturated carbocycles. The monoisotopic (exact) mass is 300 g/mol. The van der Waals surface area contributed by atoms with Crippen LogP contribution in [0.25, 0.3) is 0 Å². The van der Waals surface area contributed by atoms with Gasteiger partial charge in [0, 0.05) is 17.3 Å². The van der Waals surface area contributed by atoms with Gasteiger partial charge in [-0.2, -0.15) is 5.26 Å². The van der Waals surface area contributed by atoms with Crippen molar-refractivity contribution in [1.82, 2.24) is 5.32 Å². The SMILES string of the molecule is N#CC(=C1CCCN1)S(=O)(=O)c1ccc(Cl)cc1F. The van der Waals surface area contributed by atoms with E-state index >= 15 is 0 Å². The lowest BCUT2D eigenvalue weighted by molar-refractivity contribution is 0.571. The van der Waals surface area contributed by atoms with Gasteiger partial charge in [0.05, 0.1) is 0 Å². The molecular formula is C12H10ClFN2O2S. The summed E-state index contributed by atoms with van der Waals surface area (Å²) < 4.78 is 38.3. The number of halogens is 2. The highest BCUT2D eigenvalue weighted by Crippen LogP contribution is 2.27. The Morgan fingerprint density at radius 1 is 1.47 bits per heavy atom. The molecule has 0 aromatic heterocycles. The first-order chi connectivity index (χ1) is 8.96. The van der Waals surface area contributed by atoms with E-state index in [4.69, 9.17) is 16.9 Å². The third-order valence-corrected chi connectivity index (χ3v) is 4.79. The average molecular weight is 301 g/mol. The average Bonchev–Trinajstić information content (AvgIpc) is 2.82. The van der Waals surface area contributed by atoms with Crippen LogP contribution in [0.4, 0.5) is 4.39 Å². The summed E-state index contributed by atoms with van der Waals surface area (Å²) in [5.41, 5.74) is 0.344. The van der Waals surface area contributed by atoms with Crippen LogP contribution in [0.1, 0.15) is 12.8 Å². The number of nitrogens with zero attached hydrogens (tertiary/aromatic N) is 1. The van der Waals surface area contributed by atoms with Crippen molar-refractivity contribution >= 4 is 21.4 Å². The van der Waals surface area contributed by atoms with Crippen molar-refractivity contribution in [3.63, 3.8) is 0 Å². The zero-order valence-electron chi connectivity index (χ0n) is 9.78. The molecule has 0 atom stereocenters. The van der Waals surface area contributed by atoms with Gasteiger partial charge in [-0.15, -0.1) is 0 Å². The predicted molar refractivity (Wildman–Crippen MR) is 68.5 cm³/mol. The Balaban J connectivity index is 2.59. The predicted octanol–water partition coefficient (Wildman–Crippen LogP) is 2.37. The van der Waals surface area contributed by atoms with Gasteiger partial charge in [-0.1, -0.05) is 11.6 Å². The van der Waals surface area contributed by atoms with Crippen LogP contribution < -0.4 is 5.32 Å². The topological polar surface area (TPSA) is 70.0 Å². The molecule has 1 aromatic rings. The third kappa shape index (κ3) is 2.57. The van der Waals surface area contributed by atoms with Crippen LogP contribution in [-0.2, 0) is 9.84 Å². The fourth-order valence-corrected chi connectivity index (χ4v) is 3.44. The van der Waals surface area contributed by atoms with Crippen LogP contribution in [0.2, 0.25) is 5.02 Å². The Labute approximate surface area is 115 Å². The van der Waals surface area contributed by atoms with E-state index < -0.39 is 25.5 Å². The Bertz CT molecular complexity index is 684. The molecule has 0 bridgehead atoms. The molecule has 0 aliphatic carbocycles. The van der Waals surface area contributed by atoms with Crippen molar-refractivity contribution in [2.24, 2.45) is 0 Å². The first-order valence-electron chi connectivity index (χ1n) is 5.54. The molecule has 2 rings (SSSR count). The van der Waals surface area contributed by atoms with Gasteiger partial charge >= 0.3 is 0 Å². The van der Waals surface area contributed by atoms with Gasteiger partial charge in [0.15, 0.2) is 4.91 Å². The van der Waals surface area contributed by atoms with Gasteiger partial charge in [-0.3, -0.25) is 0 Å². The molecule has 1 fully saturated rings. The molecule has 4 nitrogen and oxygen atoms in total. The van der Waals surface area contributed by atoms with Crippen LogP contribution in [0, 0.1) is 17.1 Å². The molecule has 0 unspecified atom stereocenters. The second-order valence-electron chi connectivity index (χ2n) is 4.03. The highest BCUT2D eigenvalue weighted by molar-refractivity contribution is 7.95. The van der Waals surface area contributed by atoms with Crippen molar-refractivity contribution in [2.45, 2.75) is 17.7 Å². The van der Waals surface area contributed by atoms with Crippen molar-refractivity contribution in [3.05, 3.63) is 39.6 Å². The smallest absolute Gasteiger partial charge is 0.221 e. The lowest BCUT2D eigenvalue weighted by Gasteiger charge is -2.07. The maximum atomic E-state index is 13.7.